The average Bonchev–Trinajstić information content (AvgIpc) is 2.66. The molecule has 0 bridgehead atoms. The number of rotatable bonds is 4. The maximum Gasteiger partial charge on any atom is 0.0701 e. The van der Waals surface area contributed by atoms with Gasteiger partial charge in [-0.15, -0.1) is 0 Å². The fourth-order valence-corrected chi connectivity index (χ4v) is 3.14. The molecule has 1 unspecified atom stereocenters. The lowest BCUT2D eigenvalue weighted by Gasteiger charge is -2.33. The van der Waals surface area contributed by atoms with Crippen molar-refractivity contribution >= 4 is 0 Å². The number of hydrogen-bond acceptors (Lipinski definition) is 3. The lowest BCUT2D eigenvalue weighted by atomic mass is 9.98. The summed E-state index contributed by atoms with van der Waals surface area (Å²) in [4.78, 5) is 2.38. The molecule has 0 radical (unpaired) electrons. The predicted octanol–water partition coefficient (Wildman–Crippen LogP) is 1.76. The molecule has 16 heavy (non-hydrogen) atoms. The molecule has 1 atom stereocenters. The van der Waals surface area contributed by atoms with Crippen molar-refractivity contribution in [2.24, 2.45) is 5.73 Å². The average molecular weight is 226 g/mol. The summed E-state index contributed by atoms with van der Waals surface area (Å²) in [7, 11) is 2.19. The van der Waals surface area contributed by atoms with Gasteiger partial charge in [0, 0.05) is 25.2 Å². The predicted molar refractivity (Wildman–Crippen MR) is 66.5 cm³/mol. The second-order valence-corrected chi connectivity index (χ2v) is 5.75. The third-order valence-corrected chi connectivity index (χ3v) is 3.97. The first-order chi connectivity index (χ1) is 7.68. The van der Waals surface area contributed by atoms with Crippen LogP contribution in [0.25, 0.3) is 0 Å². The van der Waals surface area contributed by atoms with Crippen LogP contribution in [0, 0.1) is 0 Å². The summed E-state index contributed by atoms with van der Waals surface area (Å²) in [5.41, 5.74) is 6.47. The van der Waals surface area contributed by atoms with E-state index in [1.807, 2.05) is 0 Å². The van der Waals surface area contributed by atoms with E-state index in [9.17, 15) is 0 Å². The van der Waals surface area contributed by atoms with E-state index in [2.05, 4.69) is 11.9 Å². The zero-order valence-corrected chi connectivity index (χ0v) is 10.6. The largest absolute Gasteiger partial charge is 0.377 e. The molecule has 3 nitrogen and oxygen atoms in total. The molecule has 1 heterocycles. The topological polar surface area (TPSA) is 38.5 Å². The zero-order chi connectivity index (χ0) is 11.4. The summed E-state index contributed by atoms with van der Waals surface area (Å²) in [6, 6.07) is 0. The molecule has 1 saturated heterocycles. The van der Waals surface area contributed by atoms with Crippen LogP contribution in [-0.2, 0) is 4.74 Å². The number of nitrogens with two attached hydrogens (primary N) is 1. The van der Waals surface area contributed by atoms with Crippen LogP contribution in [0.5, 0.6) is 0 Å². The van der Waals surface area contributed by atoms with Crippen LogP contribution in [0.2, 0.25) is 0 Å². The fourth-order valence-electron chi connectivity index (χ4n) is 3.14. The van der Waals surface area contributed by atoms with Gasteiger partial charge in [-0.25, -0.2) is 0 Å². The van der Waals surface area contributed by atoms with Gasteiger partial charge >= 0.3 is 0 Å². The Balaban J connectivity index is 1.72. The summed E-state index contributed by atoms with van der Waals surface area (Å²) in [6.07, 6.45) is 9.25. The van der Waals surface area contributed by atoms with Crippen molar-refractivity contribution in [2.45, 2.75) is 56.6 Å². The van der Waals surface area contributed by atoms with Crippen molar-refractivity contribution in [3.05, 3.63) is 0 Å². The molecule has 0 aromatic carbocycles. The van der Waals surface area contributed by atoms with Crippen molar-refractivity contribution in [3.8, 4) is 0 Å². The van der Waals surface area contributed by atoms with E-state index in [1.54, 1.807) is 0 Å². The van der Waals surface area contributed by atoms with Gasteiger partial charge < -0.3 is 15.4 Å². The minimum atomic E-state index is 0.0867. The summed E-state index contributed by atoms with van der Waals surface area (Å²) < 4.78 is 5.76. The quantitative estimate of drug-likeness (QED) is 0.794. The SMILES string of the molecule is CN(CC1CCCCO1)CC1(N)CCCC1. The summed E-state index contributed by atoms with van der Waals surface area (Å²) >= 11 is 0. The van der Waals surface area contributed by atoms with Gasteiger partial charge in [0.1, 0.15) is 0 Å². The Morgan fingerprint density at radius 2 is 2.00 bits per heavy atom. The molecule has 0 amide bonds. The number of nitrogens with zero attached hydrogens (tertiary/aromatic N) is 1. The van der Waals surface area contributed by atoms with Crippen LogP contribution < -0.4 is 5.73 Å². The standard InChI is InChI=1S/C13H26N2O/c1-15(10-12-6-2-5-9-16-12)11-13(14)7-3-4-8-13/h12H,2-11,14H2,1H3. The molecule has 0 spiro atoms. The van der Waals surface area contributed by atoms with Gasteiger partial charge in [-0.3, -0.25) is 0 Å². The lowest BCUT2D eigenvalue weighted by molar-refractivity contribution is -0.00419. The van der Waals surface area contributed by atoms with E-state index in [1.165, 1.54) is 44.9 Å². The number of hydrogen-bond donors (Lipinski definition) is 1. The Kier molecular flexibility index (Phi) is 4.22. The first-order valence-corrected chi connectivity index (χ1v) is 6.77. The second-order valence-electron chi connectivity index (χ2n) is 5.75. The van der Waals surface area contributed by atoms with Gasteiger partial charge in [0.15, 0.2) is 0 Å². The summed E-state index contributed by atoms with van der Waals surface area (Å²) in [5, 5.41) is 0. The molecule has 2 N–H and O–H groups in total. The highest BCUT2D eigenvalue weighted by atomic mass is 16.5. The maximum atomic E-state index is 6.38. The van der Waals surface area contributed by atoms with Crippen LogP contribution in [0.3, 0.4) is 0 Å². The van der Waals surface area contributed by atoms with Crippen LogP contribution in [-0.4, -0.2) is 43.3 Å². The first-order valence-electron chi connectivity index (χ1n) is 6.77. The highest BCUT2D eigenvalue weighted by Crippen LogP contribution is 2.28. The minimum absolute atomic E-state index is 0.0867. The molecule has 1 aliphatic heterocycles. The number of ether oxygens (including phenoxy) is 1. The van der Waals surface area contributed by atoms with Gasteiger partial charge in [0.05, 0.1) is 6.10 Å². The maximum absolute atomic E-state index is 6.38. The van der Waals surface area contributed by atoms with Gasteiger partial charge in [0.2, 0.25) is 0 Å². The van der Waals surface area contributed by atoms with Crippen molar-refractivity contribution < 1.29 is 4.74 Å². The molecule has 2 fully saturated rings. The van der Waals surface area contributed by atoms with Crippen molar-refractivity contribution in [2.75, 3.05) is 26.7 Å². The van der Waals surface area contributed by atoms with E-state index < -0.39 is 0 Å². The van der Waals surface area contributed by atoms with Crippen molar-refractivity contribution in [1.82, 2.24) is 4.90 Å². The first kappa shape index (κ1) is 12.3. The molecule has 3 heteroatoms. The molecular formula is C13H26N2O. The summed E-state index contributed by atoms with van der Waals surface area (Å²) in [6.45, 7) is 3.04. The van der Waals surface area contributed by atoms with Crippen LogP contribution in [0.1, 0.15) is 44.9 Å². The Morgan fingerprint density at radius 3 is 2.62 bits per heavy atom. The van der Waals surface area contributed by atoms with Crippen LogP contribution in [0.15, 0.2) is 0 Å². The molecule has 2 aliphatic rings. The molecule has 0 aromatic heterocycles. The van der Waals surface area contributed by atoms with Crippen LogP contribution >= 0.6 is 0 Å². The highest BCUT2D eigenvalue weighted by molar-refractivity contribution is 4.91. The van der Waals surface area contributed by atoms with Gasteiger partial charge in [0.25, 0.3) is 0 Å². The Bertz CT molecular complexity index is 208. The molecule has 0 aromatic rings. The van der Waals surface area contributed by atoms with Gasteiger partial charge in [-0.1, -0.05) is 12.8 Å². The molecular weight excluding hydrogens is 200 g/mol. The summed E-state index contributed by atoms with van der Waals surface area (Å²) in [5.74, 6) is 0. The Hall–Kier alpha value is -0.120. The Morgan fingerprint density at radius 1 is 1.25 bits per heavy atom. The number of likely N-dealkylation sites (N-methyl/N-ethyl adjacent to an activating group) is 1. The minimum Gasteiger partial charge on any atom is -0.377 e. The van der Waals surface area contributed by atoms with Crippen molar-refractivity contribution in [1.29, 1.82) is 0 Å². The van der Waals surface area contributed by atoms with E-state index in [-0.39, 0.29) is 5.54 Å². The fraction of sp³-hybridized carbons (Fsp3) is 1.00. The van der Waals surface area contributed by atoms with Crippen LogP contribution in [0.4, 0.5) is 0 Å². The van der Waals surface area contributed by atoms with E-state index in [0.29, 0.717) is 6.10 Å². The molecule has 1 saturated carbocycles. The van der Waals surface area contributed by atoms with Crippen molar-refractivity contribution in [3.63, 3.8) is 0 Å². The second kappa shape index (κ2) is 5.48. The normalized spacial score (nSPS) is 29.8. The monoisotopic (exact) mass is 226 g/mol. The lowest BCUT2D eigenvalue weighted by Crippen LogP contribution is -2.48. The highest BCUT2D eigenvalue weighted by Gasteiger charge is 2.31. The van der Waals surface area contributed by atoms with Gasteiger partial charge in [-0.05, 0) is 39.2 Å². The zero-order valence-electron chi connectivity index (χ0n) is 10.6. The van der Waals surface area contributed by atoms with Gasteiger partial charge in [-0.2, -0.15) is 0 Å². The third kappa shape index (κ3) is 3.44. The van der Waals surface area contributed by atoms with E-state index in [0.717, 1.165) is 19.7 Å². The third-order valence-electron chi connectivity index (χ3n) is 3.97. The molecule has 1 aliphatic carbocycles. The Labute approximate surface area is 99.3 Å². The molecule has 2 rings (SSSR count). The smallest absolute Gasteiger partial charge is 0.0701 e. The molecule has 94 valence electrons. The van der Waals surface area contributed by atoms with E-state index in [4.69, 9.17) is 10.5 Å². The van der Waals surface area contributed by atoms with E-state index >= 15 is 0 Å².